The van der Waals surface area contributed by atoms with Crippen LogP contribution in [0, 0.1) is 0 Å². The summed E-state index contributed by atoms with van der Waals surface area (Å²) in [7, 11) is 3.17. The highest BCUT2D eigenvalue weighted by Crippen LogP contribution is 2.33. The van der Waals surface area contributed by atoms with Crippen molar-refractivity contribution in [3.63, 3.8) is 0 Å². The predicted octanol–water partition coefficient (Wildman–Crippen LogP) is 1.91. The van der Waals surface area contributed by atoms with Crippen LogP contribution in [0.4, 0.5) is 0 Å². The van der Waals surface area contributed by atoms with Gasteiger partial charge in [0, 0.05) is 18.0 Å². The summed E-state index contributed by atoms with van der Waals surface area (Å²) in [5, 5.41) is 14.1. The van der Waals surface area contributed by atoms with Crippen LogP contribution in [0.5, 0.6) is 11.5 Å². The highest BCUT2D eigenvalue weighted by Gasteiger charge is 2.16. The van der Waals surface area contributed by atoms with Gasteiger partial charge in [-0.15, -0.1) is 0 Å². The van der Waals surface area contributed by atoms with Crippen LogP contribution in [0.15, 0.2) is 36.7 Å². The maximum Gasteiger partial charge on any atom is 0.161 e. The van der Waals surface area contributed by atoms with Crippen LogP contribution < -0.4 is 9.47 Å². The summed E-state index contributed by atoms with van der Waals surface area (Å²) in [6.07, 6.45) is 3.47. The van der Waals surface area contributed by atoms with Crippen molar-refractivity contribution in [1.29, 1.82) is 0 Å². The fourth-order valence-corrected chi connectivity index (χ4v) is 2.30. The molecular formula is C15H15N3O3. The summed E-state index contributed by atoms with van der Waals surface area (Å²) in [6.45, 7) is -0.135. The summed E-state index contributed by atoms with van der Waals surface area (Å²) < 4.78 is 12.2. The van der Waals surface area contributed by atoms with E-state index in [1.165, 1.54) is 0 Å². The molecule has 0 amide bonds. The zero-order chi connectivity index (χ0) is 14.8. The Labute approximate surface area is 121 Å². The Kier molecular flexibility index (Phi) is 3.45. The van der Waals surface area contributed by atoms with Gasteiger partial charge < -0.3 is 14.6 Å². The Morgan fingerprint density at radius 2 is 2.00 bits per heavy atom. The van der Waals surface area contributed by atoms with E-state index in [2.05, 4.69) is 10.1 Å². The molecule has 0 aliphatic rings. The Balaban J connectivity index is 2.20. The monoisotopic (exact) mass is 285 g/mol. The topological polar surface area (TPSA) is 68.9 Å². The molecule has 6 nitrogen and oxygen atoms in total. The first-order chi connectivity index (χ1) is 10.3. The highest BCUT2D eigenvalue weighted by atomic mass is 16.5. The van der Waals surface area contributed by atoms with Crippen molar-refractivity contribution in [2.75, 3.05) is 14.2 Å². The molecule has 0 aliphatic heterocycles. The van der Waals surface area contributed by atoms with Gasteiger partial charge in [0.2, 0.25) is 0 Å². The van der Waals surface area contributed by atoms with E-state index in [0.717, 1.165) is 5.56 Å². The van der Waals surface area contributed by atoms with Crippen molar-refractivity contribution in [3.05, 3.63) is 42.2 Å². The van der Waals surface area contributed by atoms with Gasteiger partial charge >= 0.3 is 0 Å². The van der Waals surface area contributed by atoms with Gasteiger partial charge in [-0.1, -0.05) is 0 Å². The van der Waals surface area contributed by atoms with E-state index in [-0.39, 0.29) is 6.61 Å². The fourth-order valence-electron chi connectivity index (χ4n) is 2.30. The number of ether oxygens (including phenoxy) is 2. The van der Waals surface area contributed by atoms with Crippen molar-refractivity contribution >= 4 is 5.65 Å². The normalized spacial score (nSPS) is 10.8. The molecule has 0 atom stereocenters. The number of aliphatic hydroxyl groups is 1. The third-order valence-corrected chi connectivity index (χ3v) is 3.31. The van der Waals surface area contributed by atoms with Crippen LogP contribution in [-0.4, -0.2) is 33.9 Å². The van der Waals surface area contributed by atoms with Crippen LogP contribution >= 0.6 is 0 Å². The van der Waals surface area contributed by atoms with Gasteiger partial charge in [0.1, 0.15) is 5.69 Å². The number of hydrogen-bond donors (Lipinski definition) is 1. The average Bonchev–Trinajstić information content (AvgIpc) is 2.92. The van der Waals surface area contributed by atoms with Gasteiger partial charge in [-0.3, -0.25) is 0 Å². The smallest absolute Gasteiger partial charge is 0.161 e. The number of hydrogen-bond acceptors (Lipinski definition) is 5. The number of methoxy groups -OCH3 is 2. The van der Waals surface area contributed by atoms with Crippen molar-refractivity contribution in [2.45, 2.75) is 6.61 Å². The second-order valence-corrected chi connectivity index (χ2v) is 4.44. The lowest BCUT2D eigenvalue weighted by molar-refractivity contribution is 0.283. The molecule has 2 aromatic heterocycles. The lowest BCUT2D eigenvalue weighted by Crippen LogP contribution is -1.92. The standard InChI is InChI=1S/C15H15N3O3/c1-20-12-5-4-10(8-13(12)21-2)14-11(9-19)15-16-6-3-7-18(15)17-14/h3-8,19H,9H2,1-2H3. The quantitative estimate of drug-likeness (QED) is 0.793. The van der Waals surface area contributed by atoms with Crippen LogP contribution in [0.1, 0.15) is 5.56 Å². The molecule has 0 saturated carbocycles. The van der Waals surface area contributed by atoms with E-state index in [1.807, 2.05) is 18.2 Å². The molecule has 2 heterocycles. The van der Waals surface area contributed by atoms with Gasteiger partial charge in [-0.05, 0) is 24.3 Å². The molecular weight excluding hydrogens is 270 g/mol. The SMILES string of the molecule is COc1ccc(-c2nn3cccnc3c2CO)cc1OC. The third-order valence-electron chi connectivity index (χ3n) is 3.31. The minimum absolute atomic E-state index is 0.135. The third kappa shape index (κ3) is 2.19. The molecule has 108 valence electrons. The summed E-state index contributed by atoms with van der Waals surface area (Å²) in [4.78, 5) is 4.26. The van der Waals surface area contributed by atoms with E-state index >= 15 is 0 Å². The summed E-state index contributed by atoms with van der Waals surface area (Å²) in [5.74, 6) is 1.26. The predicted molar refractivity (Wildman–Crippen MR) is 77.4 cm³/mol. The molecule has 0 saturated heterocycles. The van der Waals surface area contributed by atoms with Gasteiger partial charge in [-0.2, -0.15) is 5.10 Å². The first kappa shape index (κ1) is 13.4. The number of benzene rings is 1. The van der Waals surface area contributed by atoms with E-state index in [1.54, 1.807) is 37.2 Å². The molecule has 0 aliphatic carbocycles. The Morgan fingerprint density at radius 3 is 2.71 bits per heavy atom. The van der Waals surface area contributed by atoms with Crippen LogP contribution in [0.3, 0.4) is 0 Å². The van der Waals surface area contributed by atoms with Crippen LogP contribution in [0.25, 0.3) is 16.9 Å². The van der Waals surface area contributed by atoms with Crippen molar-refractivity contribution in [1.82, 2.24) is 14.6 Å². The molecule has 3 aromatic rings. The summed E-state index contributed by atoms with van der Waals surface area (Å²) >= 11 is 0. The van der Waals surface area contributed by atoms with Crippen molar-refractivity contribution < 1.29 is 14.6 Å². The van der Waals surface area contributed by atoms with Gasteiger partial charge in [0.05, 0.1) is 26.4 Å². The maximum absolute atomic E-state index is 9.64. The Morgan fingerprint density at radius 1 is 1.19 bits per heavy atom. The second-order valence-electron chi connectivity index (χ2n) is 4.44. The van der Waals surface area contributed by atoms with Crippen molar-refractivity contribution in [2.24, 2.45) is 0 Å². The van der Waals surface area contributed by atoms with E-state index in [0.29, 0.717) is 28.4 Å². The molecule has 0 spiro atoms. The first-order valence-corrected chi connectivity index (χ1v) is 6.44. The molecule has 0 radical (unpaired) electrons. The lowest BCUT2D eigenvalue weighted by atomic mass is 10.1. The fraction of sp³-hybridized carbons (Fsp3) is 0.200. The largest absolute Gasteiger partial charge is 0.493 e. The molecule has 6 heteroatoms. The minimum atomic E-state index is -0.135. The zero-order valence-electron chi connectivity index (χ0n) is 11.8. The van der Waals surface area contributed by atoms with E-state index in [9.17, 15) is 5.11 Å². The average molecular weight is 285 g/mol. The molecule has 0 fully saturated rings. The number of aliphatic hydroxyl groups excluding tert-OH is 1. The Hall–Kier alpha value is -2.60. The van der Waals surface area contributed by atoms with E-state index in [4.69, 9.17) is 9.47 Å². The molecule has 0 bridgehead atoms. The van der Waals surface area contributed by atoms with Crippen molar-refractivity contribution in [3.8, 4) is 22.8 Å². The molecule has 0 unspecified atom stereocenters. The molecule has 21 heavy (non-hydrogen) atoms. The number of fused-ring (bicyclic) bond motifs is 1. The maximum atomic E-state index is 9.64. The lowest BCUT2D eigenvalue weighted by Gasteiger charge is -2.09. The second kappa shape index (κ2) is 5.41. The highest BCUT2D eigenvalue weighted by molar-refractivity contribution is 5.72. The number of rotatable bonds is 4. The van der Waals surface area contributed by atoms with Gasteiger partial charge in [-0.25, -0.2) is 9.50 Å². The van der Waals surface area contributed by atoms with Gasteiger partial charge in [0.25, 0.3) is 0 Å². The summed E-state index contributed by atoms with van der Waals surface area (Å²) in [5.41, 5.74) is 2.84. The summed E-state index contributed by atoms with van der Waals surface area (Å²) in [6, 6.07) is 7.31. The first-order valence-electron chi connectivity index (χ1n) is 6.44. The zero-order valence-corrected chi connectivity index (χ0v) is 11.8. The van der Waals surface area contributed by atoms with Crippen LogP contribution in [0.2, 0.25) is 0 Å². The number of aromatic nitrogens is 3. The Bertz CT molecular complexity index is 783. The van der Waals surface area contributed by atoms with E-state index < -0.39 is 0 Å². The number of nitrogens with zero attached hydrogens (tertiary/aromatic N) is 3. The van der Waals surface area contributed by atoms with Gasteiger partial charge in [0.15, 0.2) is 17.1 Å². The molecule has 1 N–H and O–H groups in total. The van der Waals surface area contributed by atoms with Crippen LogP contribution in [-0.2, 0) is 6.61 Å². The molecule has 1 aromatic carbocycles. The molecule has 3 rings (SSSR count). The minimum Gasteiger partial charge on any atom is -0.493 e.